The maximum atomic E-state index is 4.88. The summed E-state index contributed by atoms with van der Waals surface area (Å²) in [5.74, 6) is 0.901. The maximum absolute atomic E-state index is 4.88. The van der Waals surface area contributed by atoms with E-state index in [2.05, 4.69) is 36.1 Å². The molecule has 0 amide bonds. The minimum atomic E-state index is 0.394. The first-order valence-electron chi connectivity index (χ1n) is 8.46. The van der Waals surface area contributed by atoms with Crippen molar-refractivity contribution in [3.05, 3.63) is 18.0 Å². The van der Waals surface area contributed by atoms with E-state index in [0.717, 1.165) is 25.4 Å². The lowest BCUT2D eigenvalue weighted by atomic mass is 9.80. The van der Waals surface area contributed by atoms with Gasteiger partial charge in [-0.3, -0.25) is 4.68 Å². The summed E-state index contributed by atoms with van der Waals surface area (Å²) in [6.45, 7) is 6.84. The van der Waals surface area contributed by atoms with E-state index < -0.39 is 0 Å². The van der Waals surface area contributed by atoms with Crippen molar-refractivity contribution in [1.82, 2.24) is 15.1 Å². The average Bonchev–Trinajstić information content (AvgIpc) is 2.99. The molecule has 3 heteroatoms. The van der Waals surface area contributed by atoms with Gasteiger partial charge in [0.05, 0.1) is 11.7 Å². The Labute approximate surface area is 123 Å². The Morgan fingerprint density at radius 3 is 2.70 bits per heavy atom. The predicted molar refractivity (Wildman–Crippen MR) is 82.8 cm³/mol. The molecule has 0 bridgehead atoms. The SMILES string of the molecule is CCNCC(C)(Cc1ccn(C2CCCC2)n1)C1CC1. The molecule has 112 valence electrons. The van der Waals surface area contributed by atoms with Crippen LogP contribution in [0.25, 0.3) is 0 Å². The van der Waals surface area contributed by atoms with Gasteiger partial charge in [0.1, 0.15) is 0 Å². The zero-order chi connectivity index (χ0) is 14.0. The minimum Gasteiger partial charge on any atom is -0.316 e. The van der Waals surface area contributed by atoms with Crippen LogP contribution < -0.4 is 5.32 Å². The summed E-state index contributed by atoms with van der Waals surface area (Å²) in [5, 5.41) is 8.44. The molecule has 2 aliphatic rings. The summed E-state index contributed by atoms with van der Waals surface area (Å²) in [6.07, 6.45) is 11.5. The lowest BCUT2D eigenvalue weighted by Gasteiger charge is -2.29. The molecule has 0 spiro atoms. The normalized spacial score (nSPS) is 23.1. The molecule has 0 saturated heterocycles. The summed E-state index contributed by atoms with van der Waals surface area (Å²) < 4.78 is 2.24. The van der Waals surface area contributed by atoms with Crippen LogP contribution in [0, 0.1) is 11.3 Å². The van der Waals surface area contributed by atoms with Crippen molar-refractivity contribution in [2.45, 2.75) is 64.8 Å². The van der Waals surface area contributed by atoms with Gasteiger partial charge in [-0.25, -0.2) is 0 Å². The molecule has 1 atom stereocenters. The molecule has 3 rings (SSSR count). The van der Waals surface area contributed by atoms with Crippen LogP contribution in [0.1, 0.15) is 64.1 Å². The quantitative estimate of drug-likeness (QED) is 0.824. The summed E-state index contributed by atoms with van der Waals surface area (Å²) in [4.78, 5) is 0. The van der Waals surface area contributed by atoms with Crippen LogP contribution in [0.5, 0.6) is 0 Å². The van der Waals surface area contributed by atoms with Gasteiger partial charge in [0.15, 0.2) is 0 Å². The van der Waals surface area contributed by atoms with E-state index in [1.54, 1.807) is 0 Å². The van der Waals surface area contributed by atoms with Crippen molar-refractivity contribution in [3.63, 3.8) is 0 Å². The lowest BCUT2D eigenvalue weighted by Crippen LogP contribution is -2.35. The molecule has 0 aliphatic heterocycles. The maximum Gasteiger partial charge on any atom is 0.0630 e. The third-order valence-electron chi connectivity index (χ3n) is 5.29. The standard InChI is InChI=1S/C17H29N3/c1-3-18-13-17(2,14-8-9-14)12-15-10-11-20(19-15)16-6-4-5-7-16/h10-11,14,16,18H,3-9,12-13H2,1-2H3. The smallest absolute Gasteiger partial charge is 0.0630 e. The zero-order valence-electron chi connectivity index (χ0n) is 13.1. The molecule has 2 aliphatic carbocycles. The van der Waals surface area contributed by atoms with E-state index in [0.29, 0.717) is 11.5 Å². The fourth-order valence-corrected chi connectivity index (χ4v) is 3.80. The first-order valence-corrected chi connectivity index (χ1v) is 8.46. The van der Waals surface area contributed by atoms with E-state index >= 15 is 0 Å². The third-order valence-corrected chi connectivity index (χ3v) is 5.29. The largest absolute Gasteiger partial charge is 0.316 e. The molecule has 1 aromatic rings. The van der Waals surface area contributed by atoms with E-state index in [1.165, 1.54) is 44.2 Å². The highest BCUT2D eigenvalue weighted by Crippen LogP contribution is 2.47. The lowest BCUT2D eigenvalue weighted by molar-refractivity contribution is 0.254. The molecule has 1 N–H and O–H groups in total. The van der Waals surface area contributed by atoms with Crippen molar-refractivity contribution in [1.29, 1.82) is 0 Å². The van der Waals surface area contributed by atoms with Crippen LogP contribution in [0.3, 0.4) is 0 Å². The second kappa shape index (κ2) is 5.88. The van der Waals surface area contributed by atoms with Gasteiger partial charge in [-0.2, -0.15) is 5.10 Å². The van der Waals surface area contributed by atoms with Gasteiger partial charge in [0, 0.05) is 12.7 Å². The predicted octanol–water partition coefficient (Wildman–Crippen LogP) is 3.57. The van der Waals surface area contributed by atoms with Crippen molar-refractivity contribution < 1.29 is 0 Å². The molecule has 2 fully saturated rings. The topological polar surface area (TPSA) is 29.9 Å². The van der Waals surface area contributed by atoms with Crippen molar-refractivity contribution in [2.75, 3.05) is 13.1 Å². The highest BCUT2D eigenvalue weighted by molar-refractivity contribution is 5.07. The fraction of sp³-hybridized carbons (Fsp3) is 0.824. The van der Waals surface area contributed by atoms with Gasteiger partial charge in [-0.05, 0) is 56.0 Å². The molecular formula is C17H29N3. The van der Waals surface area contributed by atoms with Crippen molar-refractivity contribution >= 4 is 0 Å². The third kappa shape index (κ3) is 3.08. The Morgan fingerprint density at radius 1 is 1.30 bits per heavy atom. The van der Waals surface area contributed by atoms with E-state index in [4.69, 9.17) is 5.10 Å². The highest BCUT2D eigenvalue weighted by atomic mass is 15.3. The molecular weight excluding hydrogens is 246 g/mol. The van der Waals surface area contributed by atoms with Crippen LogP contribution in [0.4, 0.5) is 0 Å². The first-order chi connectivity index (χ1) is 9.71. The Bertz CT molecular complexity index is 429. The zero-order valence-corrected chi connectivity index (χ0v) is 13.1. The van der Waals surface area contributed by atoms with E-state index in [9.17, 15) is 0 Å². The van der Waals surface area contributed by atoms with Crippen molar-refractivity contribution in [2.24, 2.45) is 11.3 Å². The molecule has 0 radical (unpaired) electrons. The Hall–Kier alpha value is -0.830. The van der Waals surface area contributed by atoms with Gasteiger partial charge in [-0.1, -0.05) is 26.7 Å². The number of nitrogens with zero attached hydrogens (tertiary/aromatic N) is 2. The van der Waals surface area contributed by atoms with Crippen LogP contribution in [0.2, 0.25) is 0 Å². The van der Waals surface area contributed by atoms with Crippen LogP contribution in [-0.2, 0) is 6.42 Å². The second-order valence-corrected chi connectivity index (χ2v) is 7.11. The van der Waals surface area contributed by atoms with Gasteiger partial charge in [0.2, 0.25) is 0 Å². The van der Waals surface area contributed by atoms with Gasteiger partial charge in [0.25, 0.3) is 0 Å². The Kier molecular flexibility index (Phi) is 4.16. The fourth-order valence-electron chi connectivity index (χ4n) is 3.80. The molecule has 3 nitrogen and oxygen atoms in total. The number of nitrogens with one attached hydrogen (secondary N) is 1. The summed E-state index contributed by atoms with van der Waals surface area (Å²) >= 11 is 0. The molecule has 1 unspecified atom stereocenters. The summed E-state index contributed by atoms with van der Waals surface area (Å²) in [5.41, 5.74) is 1.69. The average molecular weight is 275 g/mol. The molecule has 1 aromatic heterocycles. The summed E-state index contributed by atoms with van der Waals surface area (Å²) in [6, 6.07) is 2.93. The number of aromatic nitrogens is 2. The molecule has 0 aromatic carbocycles. The van der Waals surface area contributed by atoms with Gasteiger partial charge >= 0.3 is 0 Å². The summed E-state index contributed by atoms with van der Waals surface area (Å²) in [7, 11) is 0. The first kappa shape index (κ1) is 14.1. The van der Waals surface area contributed by atoms with Gasteiger partial charge < -0.3 is 5.32 Å². The number of rotatable bonds is 7. The number of hydrogen-bond donors (Lipinski definition) is 1. The second-order valence-electron chi connectivity index (χ2n) is 7.11. The highest BCUT2D eigenvalue weighted by Gasteiger charge is 2.41. The van der Waals surface area contributed by atoms with E-state index in [1.807, 2.05) is 0 Å². The van der Waals surface area contributed by atoms with Crippen molar-refractivity contribution in [3.8, 4) is 0 Å². The van der Waals surface area contributed by atoms with Crippen LogP contribution in [0.15, 0.2) is 12.3 Å². The monoisotopic (exact) mass is 275 g/mol. The van der Waals surface area contributed by atoms with Crippen LogP contribution >= 0.6 is 0 Å². The molecule has 1 heterocycles. The molecule has 20 heavy (non-hydrogen) atoms. The van der Waals surface area contributed by atoms with Gasteiger partial charge in [-0.15, -0.1) is 0 Å². The van der Waals surface area contributed by atoms with Crippen LogP contribution in [-0.4, -0.2) is 22.9 Å². The number of hydrogen-bond acceptors (Lipinski definition) is 2. The molecule has 2 saturated carbocycles. The Morgan fingerprint density at radius 2 is 2.05 bits per heavy atom. The Balaban J connectivity index is 1.65. The minimum absolute atomic E-state index is 0.394. The van der Waals surface area contributed by atoms with E-state index in [-0.39, 0.29) is 0 Å².